The van der Waals surface area contributed by atoms with Crippen LogP contribution in [0.3, 0.4) is 0 Å². The fourth-order valence-electron chi connectivity index (χ4n) is 6.87. The minimum absolute atomic E-state index is 0.0229. The van der Waals surface area contributed by atoms with Crippen LogP contribution in [0.2, 0.25) is 0 Å². The van der Waals surface area contributed by atoms with Gasteiger partial charge in [0, 0.05) is 18.1 Å². The van der Waals surface area contributed by atoms with Crippen LogP contribution in [0.25, 0.3) is 0 Å². The molecular formula is C47H46N2O3S2. The van der Waals surface area contributed by atoms with E-state index in [9.17, 15) is 9.59 Å². The lowest BCUT2D eigenvalue weighted by atomic mass is 9.84. The molecule has 0 aliphatic carbocycles. The molecular weight excluding hydrogens is 705 g/mol. The number of amides is 1. The van der Waals surface area contributed by atoms with E-state index in [1.54, 1.807) is 30.4 Å². The third kappa shape index (κ3) is 8.99. The van der Waals surface area contributed by atoms with E-state index < -0.39 is 15.5 Å². The molecule has 5 nitrogen and oxygen atoms in total. The maximum Gasteiger partial charge on any atom is 0.323 e. The molecule has 0 bridgehead atoms. The number of carbonyl (C=O) groups is 2. The van der Waals surface area contributed by atoms with Crippen molar-refractivity contribution in [1.82, 2.24) is 10.6 Å². The smallest absolute Gasteiger partial charge is 0.323 e. The number of thioether (sulfide) groups is 2. The van der Waals surface area contributed by atoms with E-state index in [1.807, 2.05) is 72.8 Å². The first-order chi connectivity index (χ1) is 26.6. The van der Waals surface area contributed by atoms with E-state index >= 15 is 0 Å². The summed E-state index contributed by atoms with van der Waals surface area (Å²) in [6.45, 7) is 2.48. The van der Waals surface area contributed by atoms with Gasteiger partial charge in [0.2, 0.25) is 5.91 Å². The summed E-state index contributed by atoms with van der Waals surface area (Å²) < 4.78 is 4.45. The summed E-state index contributed by atoms with van der Waals surface area (Å²) in [5, 5.41) is 6.36. The maximum atomic E-state index is 13.4. The Morgan fingerprint density at radius 2 is 0.870 bits per heavy atom. The van der Waals surface area contributed by atoms with Gasteiger partial charge in [0.05, 0.1) is 22.6 Å². The minimum Gasteiger partial charge on any atom is -0.465 e. The molecule has 274 valence electrons. The fourth-order valence-corrected chi connectivity index (χ4v) is 9.87. The van der Waals surface area contributed by atoms with Crippen molar-refractivity contribution in [3.63, 3.8) is 0 Å². The normalized spacial score (nSPS) is 12.1. The topological polar surface area (TPSA) is 67.4 Å². The van der Waals surface area contributed by atoms with Crippen LogP contribution in [0.4, 0.5) is 0 Å². The summed E-state index contributed by atoms with van der Waals surface area (Å²) in [4.78, 5) is 26.8. The van der Waals surface area contributed by atoms with Crippen molar-refractivity contribution >= 4 is 35.4 Å². The van der Waals surface area contributed by atoms with Crippen LogP contribution in [-0.4, -0.2) is 49.1 Å². The van der Waals surface area contributed by atoms with E-state index in [0.717, 1.165) is 16.7 Å². The van der Waals surface area contributed by atoms with Gasteiger partial charge in [-0.05, 0) is 40.3 Å². The van der Waals surface area contributed by atoms with Gasteiger partial charge in [-0.2, -0.15) is 0 Å². The predicted octanol–water partition coefficient (Wildman–Crippen LogP) is 9.07. The van der Waals surface area contributed by atoms with Crippen molar-refractivity contribution in [2.75, 3.05) is 31.2 Å². The Morgan fingerprint density at radius 3 is 1.20 bits per heavy atom. The van der Waals surface area contributed by atoms with Crippen LogP contribution in [-0.2, 0) is 23.8 Å². The average molecular weight is 751 g/mol. The fraction of sp³-hybridized carbons (Fsp3) is 0.191. The van der Waals surface area contributed by atoms with Crippen molar-refractivity contribution in [2.45, 2.75) is 22.5 Å². The molecule has 6 aromatic rings. The molecule has 0 saturated carbocycles. The highest BCUT2D eigenvalue weighted by molar-refractivity contribution is 8.01. The number of rotatable bonds is 18. The molecule has 0 saturated heterocycles. The van der Waals surface area contributed by atoms with E-state index in [2.05, 4.69) is 120 Å². The largest absolute Gasteiger partial charge is 0.465 e. The SMILES string of the molecule is CCOC(=O)[C@H](CSC(c1ccccc1)(c1ccccc1)c1ccccc1)NCC(=O)NCCSC(c1ccccc1)(c1ccccc1)c1ccccc1. The predicted molar refractivity (Wildman–Crippen MR) is 225 cm³/mol. The Balaban J connectivity index is 1.17. The lowest BCUT2D eigenvalue weighted by Crippen LogP contribution is -2.46. The Hall–Kier alpha value is -5.08. The number of hydrogen-bond acceptors (Lipinski definition) is 6. The molecule has 0 spiro atoms. The Labute approximate surface area is 328 Å². The first-order valence-corrected chi connectivity index (χ1v) is 20.3. The summed E-state index contributed by atoms with van der Waals surface area (Å²) in [5.74, 6) is 0.471. The van der Waals surface area contributed by atoms with Crippen LogP contribution in [0.15, 0.2) is 182 Å². The zero-order valence-corrected chi connectivity index (χ0v) is 32.1. The second-order valence-electron chi connectivity index (χ2n) is 12.8. The number of carbonyl (C=O) groups excluding carboxylic acids is 2. The highest BCUT2D eigenvalue weighted by Crippen LogP contribution is 2.49. The summed E-state index contributed by atoms with van der Waals surface area (Å²) in [7, 11) is 0. The van der Waals surface area contributed by atoms with Crippen LogP contribution in [0.1, 0.15) is 40.3 Å². The molecule has 0 aliphatic rings. The van der Waals surface area contributed by atoms with Gasteiger partial charge >= 0.3 is 5.97 Å². The maximum absolute atomic E-state index is 13.4. The van der Waals surface area contributed by atoms with Crippen LogP contribution in [0.5, 0.6) is 0 Å². The van der Waals surface area contributed by atoms with E-state index in [-0.39, 0.29) is 25.0 Å². The number of hydrogen-bond donors (Lipinski definition) is 2. The third-order valence-corrected chi connectivity index (χ3v) is 12.6. The van der Waals surface area contributed by atoms with Gasteiger partial charge in [-0.25, -0.2) is 0 Å². The summed E-state index contributed by atoms with van der Waals surface area (Å²) >= 11 is 3.46. The first-order valence-electron chi connectivity index (χ1n) is 18.4. The summed E-state index contributed by atoms with van der Waals surface area (Å²) in [5.41, 5.74) is 6.82. The molecule has 6 aromatic carbocycles. The van der Waals surface area contributed by atoms with Gasteiger partial charge in [0.25, 0.3) is 0 Å². The molecule has 54 heavy (non-hydrogen) atoms. The number of ether oxygens (including phenoxy) is 1. The van der Waals surface area contributed by atoms with Crippen LogP contribution >= 0.6 is 23.5 Å². The molecule has 0 aliphatic heterocycles. The van der Waals surface area contributed by atoms with Crippen molar-refractivity contribution in [3.05, 3.63) is 215 Å². The van der Waals surface area contributed by atoms with Crippen molar-refractivity contribution < 1.29 is 14.3 Å². The van der Waals surface area contributed by atoms with Crippen LogP contribution < -0.4 is 10.6 Å². The molecule has 2 N–H and O–H groups in total. The van der Waals surface area contributed by atoms with E-state index in [0.29, 0.717) is 18.1 Å². The first kappa shape index (κ1) is 38.6. The monoisotopic (exact) mass is 750 g/mol. The third-order valence-electron chi connectivity index (χ3n) is 9.37. The zero-order chi connectivity index (χ0) is 37.5. The van der Waals surface area contributed by atoms with E-state index in [1.165, 1.54) is 16.7 Å². The zero-order valence-electron chi connectivity index (χ0n) is 30.5. The Morgan fingerprint density at radius 1 is 0.537 bits per heavy atom. The van der Waals surface area contributed by atoms with Gasteiger partial charge < -0.3 is 10.1 Å². The molecule has 0 aromatic heterocycles. The highest BCUT2D eigenvalue weighted by Gasteiger charge is 2.39. The summed E-state index contributed by atoms with van der Waals surface area (Å²) in [6, 6.07) is 62.0. The molecule has 1 amide bonds. The van der Waals surface area contributed by atoms with Gasteiger partial charge in [0.1, 0.15) is 6.04 Å². The van der Waals surface area contributed by atoms with E-state index in [4.69, 9.17) is 4.74 Å². The number of benzene rings is 6. The second kappa shape index (κ2) is 19.3. The van der Waals surface area contributed by atoms with Gasteiger partial charge in [0.15, 0.2) is 0 Å². The van der Waals surface area contributed by atoms with Gasteiger partial charge in [-0.3, -0.25) is 14.9 Å². The minimum atomic E-state index is -0.715. The average Bonchev–Trinajstić information content (AvgIpc) is 3.24. The second-order valence-corrected chi connectivity index (χ2v) is 15.3. The lowest BCUT2D eigenvalue weighted by molar-refractivity contribution is -0.145. The van der Waals surface area contributed by atoms with Crippen molar-refractivity contribution in [3.8, 4) is 0 Å². The Bertz CT molecular complexity index is 1820. The number of esters is 1. The standard InChI is InChI=1S/C47H46N2O3S2/c1-2-52-45(51)43(36-54-47(40-27-15-6-16-28-40,41-29-17-7-18-30-41)42-31-19-8-20-32-42)49-35-44(50)48-33-34-53-46(37-21-9-3-10-22-37,38-23-11-4-12-24-38)39-25-13-5-14-26-39/h3-32,43,49H,2,33-36H2,1H3,(H,48,50)/t43-/m0/s1. The summed E-state index contributed by atoms with van der Waals surface area (Å²) in [6.07, 6.45) is 0. The molecule has 1 atom stereocenters. The van der Waals surface area contributed by atoms with Crippen LogP contribution in [0, 0.1) is 0 Å². The molecule has 0 fully saturated rings. The molecule has 0 radical (unpaired) electrons. The van der Waals surface area contributed by atoms with Crippen molar-refractivity contribution in [1.29, 1.82) is 0 Å². The quantitative estimate of drug-likeness (QED) is 0.0520. The number of nitrogens with one attached hydrogen (secondary N) is 2. The highest BCUT2D eigenvalue weighted by atomic mass is 32.2. The molecule has 7 heteroatoms. The van der Waals surface area contributed by atoms with Gasteiger partial charge in [-0.1, -0.05) is 182 Å². The molecule has 0 heterocycles. The molecule has 0 unspecified atom stereocenters. The Kier molecular flexibility index (Phi) is 13.8. The van der Waals surface area contributed by atoms with Gasteiger partial charge in [-0.15, -0.1) is 23.5 Å². The molecule has 6 rings (SSSR count). The lowest BCUT2D eigenvalue weighted by Gasteiger charge is -2.36. The van der Waals surface area contributed by atoms with Crippen molar-refractivity contribution in [2.24, 2.45) is 0 Å².